The maximum Gasteiger partial charge on any atom is 0.288 e. The van der Waals surface area contributed by atoms with Crippen LogP contribution in [0.25, 0.3) is 0 Å². The number of rotatable bonds is 3. The van der Waals surface area contributed by atoms with Crippen LogP contribution in [0.5, 0.6) is 0 Å². The molecule has 2 rings (SSSR count). The first-order valence-electron chi connectivity index (χ1n) is 4.95. The van der Waals surface area contributed by atoms with Gasteiger partial charge >= 0.3 is 0 Å². The van der Waals surface area contributed by atoms with Crippen LogP contribution in [0, 0.1) is 10.1 Å². The van der Waals surface area contributed by atoms with Crippen molar-refractivity contribution in [1.29, 1.82) is 0 Å². The number of hydrogen-bond donors (Lipinski definition) is 1. The fourth-order valence-electron chi connectivity index (χ4n) is 1.24. The summed E-state index contributed by atoms with van der Waals surface area (Å²) in [5.74, 6) is -0.447. The van der Waals surface area contributed by atoms with Crippen molar-refractivity contribution in [3.8, 4) is 0 Å². The molecule has 8 nitrogen and oxygen atoms in total. The molecular weight excluding hydrogens is 274 g/mol. The summed E-state index contributed by atoms with van der Waals surface area (Å²) in [4.78, 5) is 33.0. The maximum absolute atomic E-state index is 11.9. The minimum Gasteiger partial charge on any atom is -0.305 e. The van der Waals surface area contributed by atoms with Crippen LogP contribution < -0.4 is 5.32 Å². The Morgan fingerprint density at radius 1 is 1.32 bits per heavy atom. The summed E-state index contributed by atoms with van der Waals surface area (Å²) < 4.78 is 0. The molecule has 0 saturated carbocycles. The Hall–Kier alpha value is -2.61. The molecule has 1 N–H and O–H groups in total. The SMILES string of the molecule is O=C(Nc1cnccn1)c1cc([N+](=O)[O-])cnc1Cl. The van der Waals surface area contributed by atoms with Crippen molar-refractivity contribution < 1.29 is 9.72 Å². The average Bonchev–Trinajstić information content (AvgIpc) is 2.40. The molecule has 0 bridgehead atoms. The van der Waals surface area contributed by atoms with Crippen molar-refractivity contribution in [1.82, 2.24) is 15.0 Å². The van der Waals surface area contributed by atoms with E-state index in [-0.39, 0.29) is 22.2 Å². The number of anilines is 1. The van der Waals surface area contributed by atoms with E-state index in [1.807, 2.05) is 0 Å². The number of hydrogen-bond acceptors (Lipinski definition) is 6. The smallest absolute Gasteiger partial charge is 0.288 e. The zero-order valence-corrected chi connectivity index (χ0v) is 10.0. The van der Waals surface area contributed by atoms with Gasteiger partial charge in [0.15, 0.2) is 5.82 Å². The third-order valence-corrected chi connectivity index (χ3v) is 2.39. The molecule has 0 aliphatic rings. The molecule has 0 atom stereocenters. The van der Waals surface area contributed by atoms with Gasteiger partial charge in [-0.25, -0.2) is 9.97 Å². The molecule has 2 heterocycles. The normalized spacial score (nSPS) is 9.95. The summed E-state index contributed by atoms with van der Waals surface area (Å²) in [6.07, 6.45) is 5.14. The number of aromatic nitrogens is 3. The number of carbonyl (C=O) groups is 1. The molecule has 0 spiro atoms. The van der Waals surface area contributed by atoms with Gasteiger partial charge < -0.3 is 5.32 Å². The molecule has 0 aliphatic heterocycles. The molecule has 0 unspecified atom stereocenters. The first-order chi connectivity index (χ1) is 9.08. The highest BCUT2D eigenvalue weighted by atomic mass is 35.5. The van der Waals surface area contributed by atoms with E-state index >= 15 is 0 Å². The first-order valence-corrected chi connectivity index (χ1v) is 5.33. The third-order valence-electron chi connectivity index (χ3n) is 2.08. The second-order valence-electron chi connectivity index (χ2n) is 3.33. The number of amides is 1. The Bertz CT molecular complexity index is 634. The Morgan fingerprint density at radius 2 is 2.11 bits per heavy atom. The Kier molecular flexibility index (Phi) is 3.62. The summed E-state index contributed by atoms with van der Waals surface area (Å²) in [5, 5.41) is 12.9. The number of pyridine rings is 1. The highest BCUT2D eigenvalue weighted by Crippen LogP contribution is 2.19. The predicted octanol–water partition coefficient (Wildman–Crippen LogP) is 1.69. The van der Waals surface area contributed by atoms with Crippen molar-refractivity contribution in [3.05, 3.63) is 51.7 Å². The van der Waals surface area contributed by atoms with Gasteiger partial charge in [-0.05, 0) is 0 Å². The number of nitrogens with zero attached hydrogens (tertiary/aromatic N) is 4. The molecule has 0 saturated heterocycles. The van der Waals surface area contributed by atoms with E-state index < -0.39 is 10.8 Å². The van der Waals surface area contributed by atoms with Crippen molar-refractivity contribution >= 4 is 29.0 Å². The number of halogens is 1. The lowest BCUT2D eigenvalue weighted by Crippen LogP contribution is -2.14. The van der Waals surface area contributed by atoms with Crippen LogP contribution in [0.15, 0.2) is 30.9 Å². The molecule has 0 aromatic carbocycles. The second-order valence-corrected chi connectivity index (χ2v) is 3.69. The van der Waals surface area contributed by atoms with E-state index in [2.05, 4.69) is 20.3 Å². The van der Waals surface area contributed by atoms with Gasteiger partial charge in [-0.15, -0.1) is 0 Å². The van der Waals surface area contributed by atoms with E-state index in [4.69, 9.17) is 11.6 Å². The molecule has 9 heteroatoms. The van der Waals surface area contributed by atoms with Gasteiger partial charge in [0.2, 0.25) is 0 Å². The van der Waals surface area contributed by atoms with Crippen LogP contribution in [-0.4, -0.2) is 25.8 Å². The Morgan fingerprint density at radius 3 is 2.74 bits per heavy atom. The zero-order valence-electron chi connectivity index (χ0n) is 9.28. The monoisotopic (exact) mass is 279 g/mol. The number of carbonyl (C=O) groups excluding carboxylic acids is 1. The number of nitrogens with one attached hydrogen (secondary N) is 1. The third kappa shape index (κ3) is 2.99. The maximum atomic E-state index is 11.9. The lowest BCUT2D eigenvalue weighted by Gasteiger charge is -2.04. The largest absolute Gasteiger partial charge is 0.305 e. The van der Waals surface area contributed by atoms with Gasteiger partial charge in [0.25, 0.3) is 11.6 Å². The van der Waals surface area contributed by atoms with Crippen molar-refractivity contribution in [2.75, 3.05) is 5.32 Å². The lowest BCUT2D eigenvalue weighted by atomic mass is 10.2. The summed E-state index contributed by atoms with van der Waals surface area (Å²) in [6, 6.07) is 1.04. The predicted molar refractivity (Wildman–Crippen MR) is 65.9 cm³/mol. The molecule has 96 valence electrons. The zero-order chi connectivity index (χ0) is 13.8. The van der Waals surface area contributed by atoms with Gasteiger partial charge in [0.1, 0.15) is 11.3 Å². The van der Waals surface area contributed by atoms with E-state index in [9.17, 15) is 14.9 Å². The van der Waals surface area contributed by atoms with Crippen molar-refractivity contribution in [2.45, 2.75) is 0 Å². The second kappa shape index (κ2) is 5.36. The van der Waals surface area contributed by atoms with Crippen LogP contribution in [0.2, 0.25) is 5.15 Å². The molecule has 1 amide bonds. The van der Waals surface area contributed by atoms with Crippen LogP contribution in [-0.2, 0) is 0 Å². The summed E-state index contributed by atoms with van der Waals surface area (Å²) in [6.45, 7) is 0. The van der Waals surface area contributed by atoms with Crippen LogP contribution in [0.4, 0.5) is 11.5 Å². The van der Waals surface area contributed by atoms with Crippen LogP contribution in [0.3, 0.4) is 0 Å². The number of nitro groups is 1. The van der Waals surface area contributed by atoms with Crippen molar-refractivity contribution in [3.63, 3.8) is 0 Å². The molecule has 0 aliphatic carbocycles. The van der Waals surface area contributed by atoms with E-state index in [1.54, 1.807) is 0 Å². The highest BCUT2D eigenvalue weighted by Gasteiger charge is 2.17. The Balaban J connectivity index is 2.28. The van der Waals surface area contributed by atoms with Crippen LogP contribution in [0.1, 0.15) is 10.4 Å². The quantitative estimate of drug-likeness (QED) is 0.520. The first kappa shape index (κ1) is 12.8. The minimum atomic E-state index is -0.664. The minimum absolute atomic E-state index is 0.110. The molecule has 19 heavy (non-hydrogen) atoms. The van der Waals surface area contributed by atoms with E-state index in [0.717, 1.165) is 12.3 Å². The fourth-order valence-corrected chi connectivity index (χ4v) is 1.43. The molecular formula is C10H6ClN5O3. The fraction of sp³-hybridized carbons (Fsp3) is 0. The summed E-state index contributed by atoms with van der Waals surface area (Å²) in [5.41, 5.74) is -0.435. The topological polar surface area (TPSA) is 111 Å². The highest BCUT2D eigenvalue weighted by molar-refractivity contribution is 6.33. The average molecular weight is 280 g/mol. The Labute approximate surface area is 111 Å². The molecule has 0 radical (unpaired) electrons. The molecule has 2 aromatic rings. The van der Waals surface area contributed by atoms with E-state index in [0.29, 0.717) is 0 Å². The van der Waals surface area contributed by atoms with Crippen molar-refractivity contribution in [2.24, 2.45) is 0 Å². The molecule has 0 fully saturated rings. The van der Waals surface area contributed by atoms with Crippen LogP contribution >= 0.6 is 11.6 Å². The summed E-state index contributed by atoms with van der Waals surface area (Å²) in [7, 11) is 0. The standard InChI is InChI=1S/C10H6ClN5O3/c11-9-7(3-6(4-14-9)16(18)19)10(17)15-8-5-12-1-2-13-8/h1-5H,(H,13,15,17). The lowest BCUT2D eigenvalue weighted by molar-refractivity contribution is -0.385. The van der Waals surface area contributed by atoms with Gasteiger partial charge in [-0.1, -0.05) is 11.6 Å². The van der Waals surface area contributed by atoms with Gasteiger partial charge in [-0.3, -0.25) is 19.9 Å². The molecule has 2 aromatic heterocycles. The van der Waals surface area contributed by atoms with Gasteiger partial charge in [0, 0.05) is 18.5 Å². The summed E-state index contributed by atoms with van der Waals surface area (Å²) >= 11 is 5.73. The van der Waals surface area contributed by atoms with E-state index in [1.165, 1.54) is 18.6 Å². The van der Waals surface area contributed by atoms with Gasteiger partial charge in [-0.2, -0.15) is 0 Å². The van der Waals surface area contributed by atoms with Gasteiger partial charge in [0.05, 0.1) is 16.7 Å².